The molecule has 0 bridgehead atoms. The first-order valence-electron chi connectivity index (χ1n) is 25.7. The Balaban J connectivity index is 4.42. The van der Waals surface area contributed by atoms with Gasteiger partial charge >= 0.3 is 11.9 Å². The minimum Gasteiger partial charge on any atom is -0.462 e. The van der Waals surface area contributed by atoms with Crippen LogP contribution in [0.2, 0.25) is 0 Å². The van der Waals surface area contributed by atoms with Gasteiger partial charge in [0.2, 0.25) is 0 Å². The van der Waals surface area contributed by atoms with Gasteiger partial charge in [-0.1, -0.05) is 193 Å². The Morgan fingerprint density at radius 3 is 1.06 bits per heavy atom. The van der Waals surface area contributed by atoms with Gasteiger partial charge in [-0.15, -0.1) is 0 Å². The van der Waals surface area contributed by atoms with Gasteiger partial charge in [-0.05, 0) is 128 Å². The Hall–Kier alpha value is -3.96. The largest absolute Gasteiger partial charge is 0.462 e. The second-order valence-corrected chi connectivity index (χ2v) is 16.3. The summed E-state index contributed by atoms with van der Waals surface area (Å²) in [7, 11) is 0. The molecular weight excluding hydrogens is 789 g/mol. The van der Waals surface area contributed by atoms with E-state index >= 15 is 0 Å². The summed E-state index contributed by atoms with van der Waals surface area (Å²) >= 11 is 0. The molecule has 0 aliphatic carbocycles. The number of unbranched alkanes of at least 4 members (excludes halogenated alkanes) is 12. The van der Waals surface area contributed by atoms with Crippen molar-refractivity contribution in [3.8, 4) is 0 Å². The predicted octanol–water partition coefficient (Wildman–Crippen LogP) is 17.6. The van der Waals surface area contributed by atoms with Gasteiger partial charge < -0.3 is 14.2 Å². The summed E-state index contributed by atoms with van der Waals surface area (Å²) in [5.41, 5.74) is 0. The first-order chi connectivity index (χ1) is 31.6. The molecule has 0 aromatic rings. The lowest BCUT2D eigenvalue weighted by atomic mass is 10.1. The summed E-state index contributed by atoms with van der Waals surface area (Å²) < 4.78 is 17.3. The summed E-state index contributed by atoms with van der Waals surface area (Å²) in [5.74, 6) is -0.480. The van der Waals surface area contributed by atoms with Crippen molar-refractivity contribution in [1.29, 1.82) is 0 Å². The minimum atomic E-state index is -0.581. The summed E-state index contributed by atoms with van der Waals surface area (Å²) in [6, 6.07) is 0. The van der Waals surface area contributed by atoms with Crippen molar-refractivity contribution in [3.63, 3.8) is 0 Å². The van der Waals surface area contributed by atoms with Gasteiger partial charge in [0.05, 0.1) is 6.61 Å². The molecule has 0 saturated carbocycles. The first kappa shape index (κ1) is 60.0. The molecule has 1 atom stereocenters. The molecule has 0 aliphatic heterocycles. The molecule has 5 nitrogen and oxygen atoms in total. The van der Waals surface area contributed by atoms with E-state index in [9.17, 15) is 9.59 Å². The smallest absolute Gasteiger partial charge is 0.306 e. The van der Waals surface area contributed by atoms with Crippen molar-refractivity contribution in [2.45, 2.75) is 207 Å². The molecule has 0 heterocycles. The number of esters is 2. The Labute approximate surface area is 394 Å². The maximum Gasteiger partial charge on any atom is 0.306 e. The van der Waals surface area contributed by atoms with Gasteiger partial charge in [0.15, 0.2) is 6.10 Å². The minimum absolute atomic E-state index is 0.0435. The maximum absolute atomic E-state index is 12.8. The lowest BCUT2D eigenvalue weighted by Crippen LogP contribution is -2.30. The van der Waals surface area contributed by atoms with E-state index in [2.05, 4.69) is 154 Å². The molecule has 0 fully saturated rings. The number of ether oxygens (including phenoxy) is 3. The number of rotatable bonds is 45. The molecule has 0 aromatic heterocycles. The van der Waals surface area contributed by atoms with Crippen molar-refractivity contribution in [2.24, 2.45) is 0 Å². The van der Waals surface area contributed by atoms with E-state index in [0.717, 1.165) is 148 Å². The van der Waals surface area contributed by atoms with Gasteiger partial charge in [0.25, 0.3) is 0 Å². The summed E-state index contributed by atoms with van der Waals surface area (Å²) in [6.45, 7) is 7.37. The lowest BCUT2D eigenvalue weighted by molar-refractivity contribution is -0.163. The molecule has 0 rings (SSSR count). The molecule has 1 unspecified atom stereocenters. The van der Waals surface area contributed by atoms with E-state index in [1.165, 1.54) is 19.3 Å². The lowest BCUT2D eigenvalue weighted by Gasteiger charge is -2.18. The molecule has 0 amide bonds. The average molecular weight is 883 g/mol. The van der Waals surface area contributed by atoms with Crippen molar-refractivity contribution >= 4 is 11.9 Å². The highest BCUT2D eigenvalue weighted by molar-refractivity contribution is 5.70. The standard InChI is InChI=1S/C59H94O5/c1-4-7-10-13-16-19-22-25-27-29-31-33-36-39-42-45-48-51-54-62-55-57(64-59(61)53-50-47-44-41-38-34-24-21-18-15-12-9-6-3)56-63-58(60)52-49-46-43-40-37-35-32-30-28-26-23-20-17-14-11-8-5-2/h7-12,16-21,25-28,31-35,38,57H,4-6,13-15,22-24,29-30,36-37,39-56H2,1-3H3/b10-7-,11-8-,12-9-,19-16-,20-17-,21-18-,27-25-,28-26-,33-31-,35-32-,38-34-. The highest BCUT2D eigenvalue weighted by Crippen LogP contribution is 2.11. The zero-order valence-corrected chi connectivity index (χ0v) is 41.2. The number of carbonyl (C=O) groups is 2. The fourth-order valence-corrected chi connectivity index (χ4v) is 6.45. The fraction of sp³-hybridized carbons (Fsp3) is 0.593. The maximum atomic E-state index is 12.8. The van der Waals surface area contributed by atoms with Crippen LogP contribution in [0.25, 0.3) is 0 Å². The molecular formula is C59H94O5. The molecule has 0 spiro atoms. The van der Waals surface area contributed by atoms with Crippen LogP contribution in [0.5, 0.6) is 0 Å². The van der Waals surface area contributed by atoms with E-state index in [1.54, 1.807) is 0 Å². The zero-order chi connectivity index (χ0) is 46.3. The van der Waals surface area contributed by atoms with Gasteiger partial charge in [0.1, 0.15) is 6.61 Å². The third-order valence-corrected chi connectivity index (χ3v) is 10.2. The number of carbonyl (C=O) groups excluding carboxylic acids is 2. The van der Waals surface area contributed by atoms with Crippen LogP contribution in [0.4, 0.5) is 0 Å². The quantitative estimate of drug-likeness (QED) is 0.0346. The Morgan fingerprint density at radius 1 is 0.344 bits per heavy atom. The van der Waals surface area contributed by atoms with Crippen LogP contribution in [0, 0.1) is 0 Å². The molecule has 360 valence electrons. The average Bonchev–Trinajstić information content (AvgIpc) is 3.30. The normalized spacial score (nSPS) is 13.4. The van der Waals surface area contributed by atoms with Crippen LogP contribution < -0.4 is 0 Å². The fourth-order valence-electron chi connectivity index (χ4n) is 6.45. The van der Waals surface area contributed by atoms with E-state index in [0.29, 0.717) is 19.4 Å². The van der Waals surface area contributed by atoms with Crippen LogP contribution in [0.3, 0.4) is 0 Å². The zero-order valence-electron chi connectivity index (χ0n) is 41.2. The Morgan fingerprint density at radius 2 is 0.656 bits per heavy atom. The number of allylic oxidation sites excluding steroid dienone is 22. The molecule has 0 aliphatic rings. The van der Waals surface area contributed by atoms with Crippen molar-refractivity contribution in [2.75, 3.05) is 19.8 Å². The van der Waals surface area contributed by atoms with Crippen LogP contribution in [0.1, 0.15) is 201 Å². The Bertz CT molecular complexity index is 1370. The van der Waals surface area contributed by atoms with E-state index in [1.807, 2.05) is 0 Å². The van der Waals surface area contributed by atoms with Crippen LogP contribution in [-0.4, -0.2) is 37.9 Å². The van der Waals surface area contributed by atoms with E-state index in [4.69, 9.17) is 14.2 Å². The third-order valence-electron chi connectivity index (χ3n) is 10.2. The molecule has 0 saturated heterocycles. The van der Waals surface area contributed by atoms with E-state index < -0.39 is 6.10 Å². The number of hydrogen-bond acceptors (Lipinski definition) is 5. The van der Waals surface area contributed by atoms with Gasteiger partial charge in [-0.2, -0.15) is 0 Å². The molecule has 64 heavy (non-hydrogen) atoms. The predicted molar refractivity (Wildman–Crippen MR) is 278 cm³/mol. The molecule has 0 radical (unpaired) electrons. The van der Waals surface area contributed by atoms with Crippen molar-refractivity contribution in [3.05, 3.63) is 134 Å². The molecule has 0 aromatic carbocycles. The SMILES string of the molecule is CC/C=C\C/C=C\C/C=C\C/C=C\CCCCCCCOCC(COC(=O)CCCCCC/C=C\C/C=C\C/C=C\C/C=C\CC)OC(=O)CCCCC/C=C\C/C=C\C/C=C\CC. The highest BCUT2D eigenvalue weighted by atomic mass is 16.6. The first-order valence-corrected chi connectivity index (χ1v) is 25.7. The monoisotopic (exact) mass is 883 g/mol. The highest BCUT2D eigenvalue weighted by Gasteiger charge is 2.17. The van der Waals surface area contributed by atoms with Crippen molar-refractivity contribution in [1.82, 2.24) is 0 Å². The summed E-state index contributed by atoms with van der Waals surface area (Å²) in [4.78, 5) is 25.4. The van der Waals surface area contributed by atoms with Gasteiger partial charge in [0, 0.05) is 19.4 Å². The van der Waals surface area contributed by atoms with Gasteiger partial charge in [-0.25, -0.2) is 0 Å². The molecule has 0 N–H and O–H groups in total. The van der Waals surface area contributed by atoms with Crippen LogP contribution >= 0.6 is 0 Å². The molecule has 5 heteroatoms. The second-order valence-electron chi connectivity index (χ2n) is 16.3. The summed E-state index contributed by atoms with van der Waals surface area (Å²) in [5, 5.41) is 0. The van der Waals surface area contributed by atoms with Crippen LogP contribution in [0.15, 0.2) is 134 Å². The summed E-state index contributed by atoms with van der Waals surface area (Å²) in [6.07, 6.45) is 76.0. The van der Waals surface area contributed by atoms with E-state index in [-0.39, 0.29) is 25.2 Å². The Kier molecular flexibility index (Phi) is 50.1. The van der Waals surface area contributed by atoms with Gasteiger partial charge in [-0.3, -0.25) is 9.59 Å². The third kappa shape index (κ3) is 50.7. The number of hydrogen-bond donors (Lipinski definition) is 0. The second kappa shape index (κ2) is 53.4. The van der Waals surface area contributed by atoms with Crippen molar-refractivity contribution < 1.29 is 23.8 Å². The topological polar surface area (TPSA) is 61.8 Å². The van der Waals surface area contributed by atoms with Crippen LogP contribution in [-0.2, 0) is 23.8 Å².